The number of carboxylic acids is 1. The van der Waals surface area contributed by atoms with Crippen molar-refractivity contribution in [1.29, 1.82) is 0 Å². The number of carboxylic acid groups (broad SMARTS) is 1. The zero-order valence-corrected chi connectivity index (χ0v) is 11.5. The molecular formula is C14H12F3NO4. The van der Waals surface area contributed by atoms with Crippen molar-refractivity contribution in [3.63, 3.8) is 0 Å². The molecule has 0 amide bonds. The van der Waals surface area contributed by atoms with E-state index in [2.05, 4.69) is 4.98 Å². The zero-order valence-electron chi connectivity index (χ0n) is 11.5. The number of halogens is 3. The van der Waals surface area contributed by atoms with E-state index in [0.717, 1.165) is 18.4 Å². The third-order valence-corrected chi connectivity index (χ3v) is 2.81. The largest absolute Gasteiger partial charge is 0.476 e. The van der Waals surface area contributed by atoms with Crippen LogP contribution in [0.3, 0.4) is 0 Å². The summed E-state index contributed by atoms with van der Waals surface area (Å²) >= 11 is 0. The maximum atomic E-state index is 12.8. The van der Waals surface area contributed by atoms with Gasteiger partial charge in [-0.3, -0.25) is 0 Å². The van der Waals surface area contributed by atoms with E-state index in [0.29, 0.717) is 18.4 Å². The van der Waals surface area contributed by atoms with E-state index in [-0.39, 0.29) is 11.4 Å². The standard InChI is InChI=1S/C14H12F3NO4/c1-2-3-8-4-5-9(14(15,16)17)6-11(8)22-13-18-10(7-21-13)12(19)20/h4-7H,2-3H2,1H3,(H,19,20). The van der Waals surface area contributed by atoms with Crippen LogP contribution in [0.5, 0.6) is 11.8 Å². The smallest absolute Gasteiger partial charge is 0.416 e. The first kappa shape index (κ1) is 15.9. The summed E-state index contributed by atoms with van der Waals surface area (Å²) in [5.74, 6) is -1.38. The molecule has 0 atom stereocenters. The first-order valence-corrected chi connectivity index (χ1v) is 6.38. The Labute approximate surface area is 123 Å². The van der Waals surface area contributed by atoms with Crippen LogP contribution in [0.4, 0.5) is 13.2 Å². The van der Waals surface area contributed by atoms with Crippen molar-refractivity contribution in [2.75, 3.05) is 0 Å². The average molecular weight is 315 g/mol. The number of alkyl halides is 3. The molecule has 0 unspecified atom stereocenters. The number of rotatable bonds is 5. The number of aromatic carboxylic acids is 1. The Hall–Kier alpha value is -2.51. The van der Waals surface area contributed by atoms with Crippen molar-refractivity contribution >= 4 is 5.97 Å². The predicted molar refractivity (Wildman–Crippen MR) is 69.0 cm³/mol. The van der Waals surface area contributed by atoms with E-state index in [1.54, 1.807) is 0 Å². The van der Waals surface area contributed by atoms with Gasteiger partial charge in [0.2, 0.25) is 0 Å². The van der Waals surface area contributed by atoms with Crippen LogP contribution >= 0.6 is 0 Å². The van der Waals surface area contributed by atoms with Gasteiger partial charge in [0, 0.05) is 0 Å². The van der Waals surface area contributed by atoms with Crippen LogP contribution in [0.15, 0.2) is 28.9 Å². The Balaban J connectivity index is 2.35. The highest BCUT2D eigenvalue weighted by Gasteiger charge is 2.31. The van der Waals surface area contributed by atoms with Crippen LogP contribution in [0.1, 0.15) is 35.0 Å². The van der Waals surface area contributed by atoms with E-state index < -0.39 is 23.8 Å². The number of hydrogen-bond acceptors (Lipinski definition) is 4. The molecule has 0 aliphatic carbocycles. The Bertz CT molecular complexity index is 679. The lowest BCUT2D eigenvalue weighted by atomic mass is 10.1. The molecule has 2 rings (SSSR count). The molecule has 0 bridgehead atoms. The SMILES string of the molecule is CCCc1ccc(C(F)(F)F)cc1Oc1nc(C(=O)O)co1. The highest BCUT2D eigenvalue weighted by Crippen LogP contribution is 2.35. The molecule has 1 aromatic carbocycles. The van der Waals surface area contributed by atoms with Crippen molar-refractivity contribution in [2.24, 2.45) is 0 Å². The highest BCUT2D eigenvalue weighted by atomic mass is 19.4. The lowest BCUT2D eigenvalue weighted by Gasteiger charge is -2.12. The van der Waals surface area contributed by atoms with Gasteiger partial charge < -0.3 is 14.3 Å². The fraction of sp³-hybridized carbons (Fsp3) is 0.286. The Kier molecular flexibility index (Phi) is 4.39. The topological polar surface area (TPSA) is 72.6 Å². The van der Waals surface area contributed by atoms with Gasteiger partial charge in [0.15, 0.2) is 5.69 Å². The summed E-state index contributed by atoms with van der Waals surface area (Å²) in [6.07, 6.45) is -2.88. The number of nitrogens with zero attached hydrogens (tertiary/aromatic N) is 1. The number of oxazole rings is 1. The predicted octanol–water partition coefficient (Wildman–Crippen LogP) is 4.14. The lowest BCUT2D eigenvalue weighted by Crippen LogP contribution is -2.06. The molecule has 0 spiro atoms. The molecule has 0 fully saturated rings. The summed E-state index contributed by atoms with van der Waals surface area (Å²) in [6, 6.07) is 3.13. The molecule has 5 nitrogen and oxygen atoms in total. The Morgan fingerprint density at radius 2 is 2.14 bits per heavy atom. The fourth-order valence-corrected chi connectivity index (χ4v) is 1.80. The van der Waals surface area contributed by atoms with Crippen molar-refractivity contribution in [3.05, 3.63) is 41.3 Å². The molecule has 1 N–H and O–H groups in total. The molecule has 1 aromatic heterocycles. The maximum Gasteiger partial charge on any atom is 0.416 e. The second kappa shape index (κ2) is 6.08. The van der Waals surface area contributed by atoms with Crippen molar-refractivity contribution in [2.45, 2.75) is 25.9 Å². The summed E-state index contributed by atoms with van der Waals surface area (Å²) < 4.78 is 48.3. The lowest BCUT2D eigenvalue weighted by molar-refractivity contribution is -0.137. The van der Waals surface area contributed by atoms with Gasteiger partial charge in [-0.25, -0.2) is 4.79 Å². The second-order valence-electron chi connectivity index (χ2n) is 4.48. The molecule has 0 saturated heterocycles. The third kappa shape index (κ3) is 3.57. The van der Waals surface area contributed by atoms with Crippen LogP contribution < -0.4 is 4.74 Å². The van der Waals surface area contributed by atoms with Crippen LogP contribution in [-0.4, -0.2) is 16.1 Å². The van der Waals surface area contributed by atoms with Gasteiger partial charge in [-0.2, -0.15) is 18.2 Å². The molecule has 0 radical (unpaired) electrons. The van der Waals surface area contributed by atoms with Crippen molar-refractivity contribution < 1.29 is 32.2 Å². The zero-order chi connectivity index (χ0) is 16.3. The fourth-order valence-electron chi connectivity index (χ4n) is 1.80. The molecule has 0 aliphatic rings. The van der Waals surface area contributed by atoms with Crippen LogP contribution in [0, 0.1) is 0 Å². The highest BCUT2D eigenvalue weighted by molar-refractivity contribution is 5.84. The summed E-state index contributed by atoms with van der Waals surface area (Å²) in [4.78, 5) is 14.2. The minimum atomic E-state index is -4.51. The number of ether oxygens (including phenoxy) is 1. The molecule has 118 valence electrons. The van der Waals surface area contributed by atoms with Crippen molar-refractivity contribution in [1.82, 2.24) is 4.98 Å². The van der Waals surface area contributed by atoms with Crippen LogP contribution in [0.25, 0.3) is 0 Å². The molecule has 1 heterocycles. The van der Waals surface area contributed by atoms with Gasteiger partial charge in [0.1, 0.15) is 12.0 Å². The number of hydrogen-bond donors (Lipinski definition) is 1. The van der Waals surface area contributed by atoms with Gasteiger partial charge >= 0.3 is 18.2 Å². The summed E-state index contributed by atoms with van der Waals surface area (Å²) in [7, 11) is 0. The quantitative estimate of drug-likeness (QED) is 0.898. The Morgan fingerprint density at radius 1 is 1.41 bits per heavy atom. The molecule has 22 heavy (non-hydrogen) atoms. The molecule has 2 aromatic rings. The molecule has 0 saturated carbocycles. The van der Waals surface area contributed by atoms with Gasteiger partial charge in [-0.15, -0.1) is 0 Å². The number of aryl methyl sites for hydroxylation is 1. The van der Waals surface area contributed by atoms with E-state index in [1.165, 1.54) is 6.07 Å². The van der Waals surface area contributed by atoms with E-state index >= 15 is 0 Å². The van der Waals surface area contributed by atoms with E-state index in [1.807, 2.05) is 6.92 Å². The minimum absolute atomic E-state index is 0.0598. The van der Waals surface area contributed by atoms with Crippen molar-refractivity contribution in [3.8, 4) is 11.8 Å². The Morgan fingerprint density at radius 3 is 2.68 bits per heavy atom. The number of aromatic nitrogens is 1. The molecule has 0 aliphatic heterocycles. The normalized spacial score (nSPS) is 11.5. The number of benzene rings is 1. The van der Waals surface area contributed by atoms with E-state index in [9.17, 15) is 18.0 Å². The second-order valence-corrected chi connectivity index (χ2v) is 4.48. The number of carbonyl (C=O) groups is 1. The third-order valence-electron chi connectivity index (χ3n) is 2.81. The monoisotopic (exact) mass is 315 g/mol. The van der Waals surface area contributed by atoms with Crippen LogP contribution in [0.2, 0.25) is 0 Å². The van der Waals surface area contributed by atoms with Gasteiger partial charge in [0.25, 0.3) is 0 Å². The van der Waals surface area contributed by atoms with E-state index in [4.69, 9.17) is 14.3 Å². The first-order valence-electron chi connectivity index (χ1n) is 6.38. The average Bonchev–Trinajstić information content (AvgIpc) is 2.88. The molecular weight excluding hydrogens is 303 g/mol. The summed E-state index contributed by atoms with van der Waals surface area (Å²) in [6.45, 7) is 1.87. The summed E-state index contributed by atoms with van der Waals surface area (Å²) in [5, 5.41) is 8.73. The first-order chi connectivity index (χ1) is 10.3. The van der Waals surface area contributed by atoms with Gasteiger partial charge in [-0.1, -0.05) is 19.4 Å². The minimum Gasteiger partial charge on any atom is -0.476 e. The maximum absolute atomic E-state index is 12.8. The molecule has 8 heteroatoms. The van der Waals surface area contributed by atoms with Gasteiger partial charge in [0.05, 0.1) is 5.56 Å². The van der Waals surface area contributed by atoms with Gasteiger partial charge in [-0.05, 0) is 24.1 Å². The summed E-state index contributed by atoms with van der Waals surface area (Å²) in [5.41, 5.74) is -0.711. The van der Waals surface area contributed by atoms with Crippen LogP contribution in [-0.2, 0) is 12.6 Å².